The fraction of sp³-hybridized carbons (Fsp3) is 0.481. The minimum absolute atomic E-state index is 0.0269. The molecule has 10 heteroatoms. The molecule has 0 aliphatic rings. The maximum atomic E-state index is 13.5. The van der Waals surface area contributed by atoms with Gasteiger partial charge in [-0.3, -0.25) is 13.9 Å². The SMILES string of the molecule is CC[C@H](C(=O)N[C@@H](C)CC)N(Cc1ccc(Cl)c(Cl)c1)C(=O)CCCN(c1ccccc1C)S(C)(=O)=O. The highest BCUT2D eigenvalue weighted by atomic mass is 35.5. The Bertz CT molecular complexity index is 1190. The number of carbonyl (C=O) groups excluding carboxylic acids is 2. The van der Waals surface area contributed by atoms with Gasteiger partial charge in [-0.25, -0.2) is 8.42 Å². The highest BCUT2D eigenvalue weighted by Crippen LogP contribution is 2.25. The van der Waals surface area contributed by atoms with Crippen LogP contribution in [0.2, 0.25) is 10.0 Å². The summed E-state index contributed by atoms with van der Waals surface area (Å²) in [6, 6.07) is 11.6. The minimum atomic E-state index is -3.55. The van der Waals surface area contributed by atoms with Crippen molar-refractivity contribution in [1.82, 2.24) is 10.2 Å². The molecule has 1 N–H and O–H groups in total. The number of hydrogen-bond donors (Lipinski definition) is 1. The van der Waals surface area contributed by atoms with Gasteiger partial charge in [0.1, 0.15) is 6.04 Å². The molecule has 0 aromatic heterocycles. The minimum Gasteiger partial charge on any atom is -0.352 e. The van der Waals surface area contributed by atoms with Crippen molar-refractivity contribution < 1.29 is 18.0 Å². The number of nitrogens with zero attached hydrogens (tertiary/aromatic N) is 2. The molecular weight excluding hydrogens is 533 g/mol. The van der Waals surface area contributed by atoms with E-state index in [1.807, 2.05) is 39.8 Å². The fourth-order valence-electron chi connectivity index (χ4n) is 4.02. The Labute approximate surface area is 231 Å². The van der Waals surface area contributed by atoms with Gasteiger partial charge in [0.15, 0.2) is 0 Å². The maximum Gasteiger partial charge on any atom is 0.243 e. The molecule has 0 spiro atoms. The summed E-state index contributed by atoms with van der Waals surface area (Å²) in [5.74, 6) is -0.460. The molecule has 2 aromatic carbocycles. The van der Waals surface area contributed by atoms with Crippen molar-refractivity contribution in [2.75, 3.05) is 17.1 Å². The molecule has 37 heavy (non-hydrogen) atoms. The molecule has 204 valence electrons. The number of anilines is 1. The molecule has 0 radical (unpaired) electrons. The van der Waals surface area contributed by atoms with Crippen LogP contribution in [0.4, 0.5) is 5.69 Å². The first-order valence-corrected chi connectivity index (χ1v) is 15.1. The lowest BCUT2D eigenvalue weighted by Crippen LogP contribution is -2.50. The van der Waals surface area contributed by atoms with E-state index in [1.54, 1.807) is 35.2 Å². The summed E-state index contributed by atoms with van der Waals surface area (Å²) in [5.41, 5.74) is 2.16. The van der Waals surface area contributed by atoms with Crippen molar-refractivity contribution in [3.63, 3.8) is 0 Å². The van der Waals surface area contributed by atoms with Crippen LogP contribution >= 0.6 is 23.2 Å². The summed E-state index contributed by atoms with van der Waals surface area (Å²) in [6.45, 7) is 7.92. The predicted octanol–water partition coefficient (Wildman–Crippen LogP) is 5.57. The summed E-state index contributed by atoms with van der Waals surface area (Å²) in [4.78, 5) is 28.2. The van der Waals surface area contributed by atoms with Crippen molar-refractivity contribution in [2.24, 2.45) is 0 Å². The van der Waals surface area contributed by atoms with Crippen molar-refractivity contribution >= 4 is 50.7 Å². The van der Waals surface area contributed by atoms with Gasteiger partial charge in [-0.15, -0.1) is 0 Å². The van der Waals surface area contributed by atoms with E-state index >= 15 is 0 Å². The van der Waals surface area contributed by atoms with Crippen LogP contribution in [0.1, 0.15) is 57.6 Å². The Morgan fingerprint density at radius 1 is 1.03 bits per heavy atom. The molecule has 2 atom stereocenters. The zero-order valence-corrected chi connectivity index (χ0v) is 24.5. The van der Waals surface area contributed by atoms with Gasteiger partial charge >= 0.3 is 0 Å². The number of nitrogens with one attached hydrogen (secondary N) is 1. The third kappa shape index (κ3) is 8.90. The highest BCUT2D eigenvalue weighted by Gasteiger charge is 2.29. The molecular formula is C27H37Cl2N3O4S. The smallest absolute Gasteiger partial charge is 0.243 e. The molecule has 0 fully saturated rings. The van der Waals surface area contributed by atoms with Crippen LogP contribution in [-0.2, 0) is 26.2 Å². The normalized spacial score (nSPS) is 13.1. The highest BCUT2D eigenvalue weighted by molar-refractivity contribution is 7.92. The Balaban J connectivity index is 2.26. The van der Waals surface area contributed by atoms with Crippen LogP contribution in [0.25, 0.3) is 0 Å². The Hall–Kier alpha value is -2.29. The zero-order valence-electron chi connectivity index (χ0n) is 22.1. The lowest BCUT2D eigenvalue weighted by molar-refractivity contribution is -0.141. The third-order valence-electron chi connectivity index (χ3n) is 6.26. The largest absolute Gasteiger partial charge is 0.352 e. The van der Waals surface area contributed by atoms with Crippen LogP contribution < -0.4 is 9.62 Å². The van der Waals surface area contributed by atoms with E-state index in [0.29, 0.717) is 28.6 Å². The number of rotatable bonds is 13. The van der Waals surface area contributed by atoms with Crippen molar-refractivity contribution in [2.45, 2.75) is 72.0 Å². The Kier molecular flexibility index (Phi) is 11.7. The van der Waals surface area contributed by atoms with E-state index in [-0.39, 0.29) is 37.4 Å². The second-order valence-corrected chi connectivity index (χ2v) is 12.0. The van der Waals surface area contributed by atoms with Crippen molar-refractivity contribution in [3.05, 3.63) is 63.6 Å². The summed E-state index contributed by atoms with van der Waals surface area (Å²) < 4.78 is 26.4. The average molecular weight is 571 g/mol. The van der Waals surface area contributed by atoms with Crippen molar-refractivity contribution in [3.8, 4) is 0 Å². The number of carbonyl (C=O) groups is 2. The number of sulfonamides is 1. The van der Waals surface area contributed by atoms with Gasteiger partial charge in [-0.05, 0) is 62.4 Å². The van der Waals surface area contributed by atoms with E-state index in [4.69, 9.17) is 23.2 Å². The molecule has 0 aliphatic carbocycles. The van der Waals surface area contributed by atoms with Gasteiger partial charge in [-0.2, -0.15) is 0 Å². The predicted molar refractivity (Wildman–Crippen MR) is 152 cm³/mol. The summed E-state index contributed by atoms with van der Waals surface area (Å²) in [6.07, 6.45) is 2.72. The lowest BCUT2D eigenvalue weighted by atomic mass is 10.1. The van der Waals surface area contributed by atoms with Crippen LogP contribution in [0.15, 0.2) is 42.5 Å². The molecule has 0 bridgehead atoms. The molecule has 2 aromatic rings. The second kappa shape index (κ2) is 14.0. The van der Waals surface area contributed by atoms with Gasteiger partial charge in [0, 0.05) is 25.6 Å². The van der Waals surface area contributed by atoms with Gasteiger partial charge in [0.2, 0.25) is 21.8 Å². The molecule has 0 saturated heterocycles. The van der Waals surface area contributed by atoms with Crippen LogP contribution in [0, 0.1) is 6.92 Å². The first kappa shape index (κ1) is 30.9. The van der Waals surface area contributed by atoms with Gasteiger partial charge in [0.25, 0.3) is 0 Å². The van der Waals surface area contributed by atoms with Gasteiger partial charge < -0.3 is 10.2 Å². The first-order chi connectivity index (χ1) is 17.4. The van der Waals surface area contributed by atoms with Crippen molar-refractivity contribution in [1.29, 1.82) is 0 Å². The molecule has 7 nitrogen and oxygen atoms in total. The molecule has 2 rings (SSSR count). The topological polar surface area (TPSA) is 86.8 Å². The number of benzene rings is 2. The molecule has 0 saturated carbocycles. The standard InChI is InChI=1S/C27H37Cl2N3O4S/c1-6-20(4)30-27(34)24(7-2)31(18-21-14-15-22(28)23(29)17-21)26(33)13-10-16-32(37(5,35)36)25-12-9-8-11-19(25)3/h8-9,11-12,14-15,17,20,24H,6-7,10,13,16,18H2,1-5H3,(H,30,34)/t20-,24+/m0/s1. The van der Waals surface area contributed by atoms with Gasteiger partial charge in [0.05, 0.1) is 22.0 Å². The molecule has 0 aliphatic heterocycles. The number of aryl methyl sites for hydroxylation is 1. The number of amides is 2. The molecule has 0 heterocycles. The van der Waals surface area contributed by atoms with Crippen LogP contribution in [0.3, 0.4) is 0 Å². The van der Waals surface area contributed by atoms with E-state index in [0.717, 1.165) is 23.8 Å². The molecule has 2 amide bonds. The molecule has 0 unspecified atom stereocenters. The number of para-hydroxylation sites is 1. The zero-order chi connectivity index (χ0) is 27.8. The Morgan fingerprint density at radius 3 is 2.27 bits per heavy atom. The van der Waals surface area contributed by atoms with Crippen LogP contribution in [0.5, 0.6) is 0 Å². The summed E-state index contributed by atoms with van der Waals surface area (Å²) in [5, 5.41) is 3.75. The van der Waals surface area contributed by atoms with Crippen LogP contribution in [-0.4, -0.2) is 50.0 Å². The summed E-state index contributed by atoms with van der Waals surface area (Å²) in [7, 11) is -3.55. The monoisotopic (exact) mass is 569 g/mol. The number of halogens is 2. The van der Waals surface area contributed by atoms with E-state index in [1.165, 1.54) is 4.31 Å². The maximum absolute atomic E-state index is 13.5. The second-order valence-electron chi connectivity index (χ2n) is 9.24. The van der Waals surface area contributed by atoms with E-state index in [9.17, 15) is 18.0 Å². The van der Waals surface area contributed by atoms with E-state index in [2.05, 4.69) is 5.32 Å². The van der Waals surface area contributed by atoms with E-state index < -0.39 is 16.1 Å². The third-order valence-corrected chi connectivity index (χ3v) is 8.18. The fourth-order valence-corrected chi connectivity index (χ4v) is 5.36. The number of hydrogen-bond acceptors (Lipinski definition) is 4. The first-order valence-electron chi connectivity index (χ1n) is 12.5. The average Bonchev–Trinajstić information content (AvgIpc) is 2.83. The quantitative estimate of drug-likeness (QED) is 0.341. The lowest BCUT2D eigenvalue weighted by Gasteiger charge is -2.32. The Morgan fingerprint density at radius 2 is 1.70 bits per heavy atom. The van der Waals surface area contributed by atoms with Gasteiger partial charge in [-0.1, -0.05) is 61.3 Å². The summed E-state index contributed by atoms with van der Waals surface area (Å²) >= 11 is 12.3.